The van der Waals surface area contributed by atoms with Gasteiger partial charge in [-0.2, -0.15) is 0 Å². The quantitative estimate of drug-likeness (QED) is 0.609. The maximum Gasteiger partial charge on any atom is 0.155 e. The van der Waals surface area contributed by atoms with Crippen LogP contribution in [-0.4, -0.2) is 67.4 Å². The first-order chi connectivity index (χ1) is 14.9. The second-order valence-electron chi connectivity index (χ2n) is 9.11. The number of anilines is 2. The number of aliphatic hydroxyl groups is 1. The Bertz CT molecular complexity index is 1080. The summed E-state index contributed by atoms with van der Waals surface area (Å²) in [5.41, 5.74) is 1.72. The second-order valence-corrected chi connectivity index (χ2v) is 9.11. The van der Waals surface area contributed by atoms with Crippen molar-refractivity contribution in [2.45, 2.75) is 38.3 Å². The lowest BCUT2D eigenvalue weighted by Gasteiger charge is -2.25. The van der Waals surface area contributed by atoms with Crippen molar-refractivity contribution < 1.29 is 9.59 Å². The monoisotopic (exact) mass is 425 g/mol. The number of nitrogens with one attached hydrogen (secondary N) is 1. The second kappa shape index (κ2) is 7.72. The van der Waals surface area contributed by atoms with Crippen molar-refractivity contribution in [3.05, 3.63) is 36.8 Å². The van der Waals surface area contributed by atoms with E-state index in [0.717, 1.165) is 59.7 Å². The van der Waals surface area contributed by atoms with Crippen molar-refractivity contribution in [3.63, 3.8) is 0 Å². The predicted molar refractivity (Wildman–Crippen MR) is 118 cm³/mol. The van der Waals surface area contributed by atoms with E-state index in [1.807, 2.05) is 42.6 Å². The maximum atomic E-state index is 13.3. The molecule has 5 rings (SSSR count). The van der Waals surface area contributed by atoms with Crippen LogP contribution in [0.5, 0.6) is 0 Å². The van der Waals surface area contributed by atoms with Crippen LogP contribution in [0.4, 0.5) is 16.1 Å². The summed E-state index contributed by atoms with van der Waals surface area (Å²) in [6.45, 7) is 6.20. The number of fused-ring (bicyclic) bond motifs is 1. The molecule has 2 aliphatic heterocycles. The number of nitrogens with zero attached hydrogens (tertiary/aromatic N) is 6. The highest BCUT2D eigenvalue weighted by molar-refractivity contribution is 5.62. The van der Waals surface area contributed by atoms with Gasteiger partial charge in [0.15, 0.2) is 5.65 Å². The number of hydrogen-bond acceptors (Lipinski definition) is 7. The van der Waals surface area contributed by atoms with Gasteiger partial charge in [-0.25, -0.2) is 15.0 Å². The fraction of sp³-hybridized carbons (Fsp3) is 0.500. The number of imidazole rings is 1. The van der Waals surface area contributed by atoms with Gasteiger partial charge < -0.3 is 15.3 Å². The molecular weight excluding hydrogens is 397 g/mol. The van der Waals surface area contributed by atoms with Crippen LogP contribution < -0.4 is 10.2 Å². The van der Waals surface area contributed by atoms with Crippen molar-refractivity contribution in [1.82, 2.24) is 24.5 Å². The third kappa shape index (κ3) is 4.07. The van der Waals surface area contributed by atoms with Gasteiger partial charge in [-0.3, -0.25) is 4.40 Å². The topological polar surface area (TPSA) is 81.8 Å². The highest BCUT2D eigenvalue weighted by Gasteiger charge is 2.34. The molecule has 9 heteroatoms. The van der Waals surface area contributed by atoms with Crippen molar-refractivity contribution in [3.8, 4) is 11.4 Å². The van der Waals surface area contributed by atoms with Gasteiger partial charge in [-0.05, 0) is 38.8 Å². The predicted octanol–water partition coefficient (Wildman–Crippen LogP) is 2.76. The normalized spacial score (nSPS) is 22.5. The van der Waals surface area contributed by atoms with Crippen molar-refractivity contribution >= 4 is 17.3 Å². The van der Waals surface area contributed by atoms with Crippen LogP contribution in [0.3, 0.4) is 0 Å². The molecule has 164 valence electrons. The lowest BCUT2D eigenvalue weighted by atomic mass is 9.90. The molecule has 31 heavy (non-hydrogen) atoms. The molecule has 0 saturated carbocycles. The van der Waals surface area contributed by atoms with Gasteiger partial charge in [0.1, 0.15) is 11.6 Å². The smallest absolute Gasteiger partial charge is 0.155 e. The van der Waals surface area contributed by atoms with Gasteiger partial charge >= 0.3 is 0 Å². The van der Waals surface area contributed by atoms with Crippen molar-refractivity contribution in [2.24, 2.45) is 5.92 Å². The zero-order valence-electron chi connectivity index (χ0n) is 17.9. The van der Waals surface area contributed by atoms with Crippen molar-refractivity contribution in [1.29, 1.82) is 0 Å². The molecular formula is C22H28FN7O. The molecule has 0 radical (unpaired) electrons. The summed E-state index contributed by atoms with van der Waals surface area (Å²) >= 11 is 0. The number of pyridine rings is 1. The minimum absolute atomic E-state index is 0.0598. The molecule has 0 amide bonds. The summed E-state index contributed by atoms with van der Waals surface area (Å²) < 4.78 is 15.4. The molecule has 2 saturated heterocycles. The Kier molecular flexibility index (Phi) is 5.02. The fourth-order valence-electron chi connectivity index (χ4n) is 4.48. The van der Waals surface area contributed by atoms with E-state index in [1.54, 1.807) is 12.4 Å². The molecule has 0 spiro atoms. The van der Waals surface area contributed by atoms with Crippen LogP contribution in [0.15, 0.2) is 36.8 Å². The highest BCUT2D eigenvalue weighted by Crippen LogP contribution is 2.30. The van der Waals surface area contributed by atoms with Gasteiger partial charge in [-0.15, -0.1) is 9.60 Å². The van der Waals surface area contributed by atoms with Crippen LogP contribution in [-0.2, 0) is 0 Å². The Morgan fingerprint density at radius 3 is 2.74 bits per heavy atom. The van der Waals surface area contributed by atoms with E-state index in [4.69, 9.17) is 4.98 Å². The minimum atomic E-state index is -0.700. The molecule has 0 bridgehead atoms. The van der Waals surface area contributed by atoms with Gasteiger partial charge in [0.05, 0.1) is 35.6 Å². The van der Waals surface area contributed by atoms with Gasteiger partial charge in [0.25, 0.3) is 0 Å². The Hall–Kier alpha value is -2.78. The summed E-state index contributed by atoms with van der Waals surface area (Å²) in [5, 5.41) is 14.5. The van der Waals surface area contributed by atoms with Crippen LogP contribution in [0.1, 0.15) is 26.7 Å². The first kappa shape index (κ1) is 20.1. The zero-order chi connectivity index (χ0) is 21.6. The lowest BCUT2D eigenvalue weighted by molar-refractivity contribution is 0.0263. The van der Waals surface area contributed by atoms with Crippen LogP contribution in [0.25, 0.3) is 17.0 Å². The molecule has 2 atom stereocenters. The molecule has 0 aromatic carbocycles. The number of aromatic nitrogens is 4. The lowest BCUT2D eigenvalue weighted by Crippen LogP contribution is -2.33. The summed E-state index contributed by atoms with van der Waals surface area (Å²) in [7, 11) is 0. The van der Waals surface area contributed by atoms with Gasteiger partial charge in [0.2, 0.25) is 0 Å². The van der Waals surface area contributed by atoms with Crippen LogP contribution in [0, 0.1) is 5.92 Å². The van der Waals surface area contributed by atoms with Gasteiger partial charge in [0, 0.05) is 38.1 Å². The molecule has 2 fully saturated rings. The van der Waals surface area contributed by atoms with E-state index < -0.39 is 5.60 Å². The SMILES string of the molecule is CC(C)(O)C1CCN(c2cn3c(-c4cccc(NC5CCN(F)C5)n4)cnc3cn2)C1. The third-order valence-electron chi connectivity index (χ3n) is 6.40. The molecule has 2 aliphatic rings. The standard InChI is InChI=1S/C22H28FN7O/c1-22(2,31)15-6-8-28(12-15)21-14-30-18(10-24-20(30)11-25-21)17-4-3-5-19(27-17)26-16-7-9-29(23)13-16/h3-5,10-11,14-16,31H,6-9,12-13H2,1-2H3,(H,26,27). The molecule has 3 aromatic heterocycles. The Morgan fingerprint density at radius 2 is 2.00 bits per heavy atom. The van der Waals surface area contributed by atoms with E-state index >= 15 is 0 Å². The van der Waals surface area contributed by atoms with Crippen LogP contribution >= 0.6 is 0 Å². The molecule has 5 heterocycles. The first-order valence-corrected chi connectivity index (χ1v) is 10.8. The maximum absolute atomic E-state index is 13.3. The number of rotatable bonds is 5. The van der Waals surface area contributed by atoms with Crippen molar-refractivity contribution in [2.75, 3.05) is 36.4 Å². The summed E-state index contributed by atoms with van der Waals surface area (Å²) in [6, 6.07) is 5.86. The number of hydrogen-bond donors (Lipinski definition) is 2. The molecule has 3 aromatic rings. The van der Waals surface area contributed by atoms with Gasteiger partial charge in [-0.1, -0.05) is 6.07 Å². The molecule has 0 aliphatic carbocycles. The molecule has 2 N–H and O–H groups in total. The van der Waals surface area contributed by atoms with E-state index in [1.165, 1.54) is 0 Å². The summed E-state index contributed by atoms with van der Waals surface area (Å²) in [5.74, 6) is 1.81. The summed E-state index contributed by atoms with van der Waals surface area (Å²) in [6.07, 6.45) is 7.26. The molecule has 8 nitrogen and oxygen atoms in total. The van der Waals surface area contributed by atoms with E-state index in [-0.39, 0.29) is 12.0 Å². The number of halogens is 1. The average molecular weight is 426 g/mol. The van der Waals surface area contributed by atoms with E-state index in [0.29, 0.717) is 13.1 Å². The first-order valence-electron chi connectivity index (χ1n) is 10.8. The van der Waals surface area contributed by atoms with E-state index in [2.05, 4.69) is 20.2 Å². The Balaban J connectivity index is 1.41. The summed E-state index contributed by atoms with van der Waals surface area (Å²) in [4.78, 5) is 16.0. The third-order valence-corrected chi connectivity index (χ3v) is 6.40. The minimum Gasteiger partial charge on any atom is -0.390 e. The fourth-order valence-corrected chi connectivity index (χ4v) is 4.48. The zero-order valence-corrected chi connectivity index (χ0v) is 17.9. The van der Waals surface area contributed by atoms with E-state index in [9.17, 15) is 9.59 Å². The highest BCUT2D eigenvalue weighted by atomic mass is 19.2. The largest absolute Gasteiger partial charge is 0.390 e. The average Bonchev–Trinajstić information content (AvgIpc) is 3.46. The Labute approximate surface area is 180 Å². The van der Waals surface area contributed by atoms with Crippen LogP contribution in [0.2, 0.25) is 0 Å². The Morgan fingerprint density at radius 1 is 1.13 bits per heavy atom. The molecule has 2 unspecified atom stereocenters.